The zero-order chi connectivity index (χ0) is 17.3. The summed E-state index contributed by atoms with van der Waals surface area (Å²) in [5, 5.41) is 0. The zero-order valence-electron chi connectivity index (χ0n) is 14.3. The number of amides is 2. The molecule has 0 N–H and O–H groups in total. The van der Waals surface area contributed by atoms with Gasteiger partial charge in [0.05, 0.1) is 0 Å². The average Bonchev–Trinajstić information content (AvgIpc) is 2.58. The van der Waals surface area contributed by atoms with E-state index < -0.39 is 6.04 Å². The maximum Gasteiger partial charge on any atom is 0.254 e. The van der Waals surface area contributed by atoms with Gasteiger partial charge in [0.15, 0.2) is 0 Å². The number of rotatable bonds is 2. The molecule has 24 heavy (non-hydrogen) atoms. The lowest BCUT2D eigenvalue weighted by Crippen LogP contribution is -2.57. The molecule has 3 rings (SSSR count). The number of carbonyl (C=O) groups excluding carboxylic acids is 2. The molecule has 2 aromatic carbocycles. The second-order valence-corrected chi connectivity index (χ2v) is 6.32. The number of hydrogen-bond acceptors (Lipinski definition) is 2. The highest BCUT2D eigenvalue weighted by molar-refractivity contribution is 6.03. The maximum absolute atomic E-state index is 12.8. The fourth-order valence-electron chi connectivity index (χ4n) is 3.24. The zero-order valence-corrected chi connectivity index (χ0v) is 14.3. The summed E-state index contributed by atoms with van der Waals surface area (Å²) in [6, 6.07) is 14.7. The summed E-state index contributed by atoms with van der Waals surface area (Å²) in [5.41, 5.74) is 3.81. The summed E-state index contributed by atoms with van der Waals surface area (Å²) >= 11 is 0. The molecule has 2 amide bonds. The van der Waals surface area contributed by atoms with Crippen molar-refractivity contribution in [2.45, 2.75) is 26.8 Å². The Hall–Kier alpha value is -2.62. The van der Waals surface area contributed by atoms with Crippen molar-refractivity contribution in [3.8, 4) is 0 Å². The van der Waals surface area contributed by atoms with Gasteiger partial charge in [0.25, 0.3) is 5.91 Å². The smallest absolute Gasteiger partial charge is 0.254 e. The van der Waals surface area contributed by atoms with Crippen LogP contribution in [0.2, 0.25) is 0 Å². The minimum Gasteiger partial charge on any atom is -0.325 e. The molecule has 1 unspecified atom stereocenters. The minimum absolute atomic E-state index is 0.0301. The van der Waals surface area contributed by atoms with E-state index in [1.807, 2.05) is 44.2 Å². The van der Waals surface area contributed by atoms with Crippen molar-refractivity contribution in [3.63, 3.8) is 0 Å². The Morgan fingerprint density at radius 3 is 2.42 bits per heavy atom. The molecule has 1 fully saturated rings. The summed E-state index contributed by atoms with van der Waals surface area (Å²) < 4.78 is 0. The lowest BCUT2D eigenvalue weighted by molar-refractivity contribution is -0.124. The van der Waals surface area contributed by atoms with Gasteiger partial charge in [-0.15, -0.1) is 0 Å². The lowest BCUT2D eigenvalue weighted by atomic mass is 10.1. The normalized spacial score (nSPS) is 18.0. The minimum atomic E-state index is -0.466. The van der Waals surface area contributed by atoms with Gasteiger partial charge in [0, 0.05) is 24.3 Å². The number of aryl methyl sites for hydroxylation is 2. The Bertz CT molecular complexity index is 770. The Kier molecular flexibility index (Phi) is 4.38. The first kappa shape index (κ1) is 16.2. The van der Waals surface area contributed by atoms with Crippen LogP contribution < -0.4 is 4.90 Å². The number of nitrogens with zero attached hydrogens (tertiary/aromatic N) is 2. The van der Waals surface area contributed by atoms with E-state index in [4.69, 9.17) is 0 Å². The van der Waals surface area contributed by atoms with Crippen LogP contribution in [0.15, 0.2) is 48.5 Å². The van der Waals surface area contributed by atoms with E-state index in [1.165, 1.54) is 5.56 Å². The molecule has 1 heterocycles. The first-order chi connectivity index (χ1) is 11.5. The molecular weight excluding hydrogens is 300 g/mol. The second kappa shape index (κ2) is 6.48. The van der Waals surface area contributed by atoms with Crippen LogP contribution in [0.25, 0.3) is 0 Å². The molecule has 0 aliphatic carbocycles. The van der Waals surface area contributed by atoms with Gasteiger partial charge in [-0.3, -0.25) is 9.59 Å². The van der Waals surface area contributed by atoms with Crippen LogP contribution in [-0.4, -0.2) is 35.8 Å². The van der Waals surface area contributed by atoms with Crippen LogP contribution in [0, 0.1) is 13.8 Å². The summed E-state index contributed by atoms with van der Waals surface area (Å²) in [5.74, 6) is -0.116. The quantitative estimate of drug-likeness (QED) is 0.852. The molecule has 1 saturated heterocycles. The van der Waals surface area contributed by atoms with E-state index in [1.54, 1.807) is 28.9 Å². The number of hydrogen-bond donors (Lipinski definition) is 0. The largest absolute Gasteiger partial charge is 0.325 e. The molecule has 124 valence electrons. The Balaban J connectivity index is 1.82. The van der Waals surface area contributed by atoms with Gasteiger partial charge in [-0.2, -0.15) is 0 Å². The molecule has 1 aliphatic heterocycles. The molecule has 2 aromatic rings. The fraction of sp³-hybridized carbons (Fsp3) is 0.300. The highest BCUT2D eigenvalue weighted by Crippen LogP contribution is 2.25. The van der Waals surface area contributed by atoms with Crippen molar-refractivity contribution < 1.29 is 9.59 Å². The van der Waals surface area contributed by atoms with E-state index in [2.05, 4.69) is 6.07 Å². The topological polar surface area (TPSA) is 40.6 Å². The molecule has 0 spiro atoms. The predicted molar refractivity (Wildman–Crippen MR) is 95.2 cm³/mol. The Labute approximate surface area is 142 Å². The highest BCUT2D eigenvalue weighted by atomic mass is 16.2. The molecule has 0 bridgehead atoms. The molecule has 0 aromatic heterocycles. The fourth-order valence-corrected chi connectivity index (χ4v) is 3.24. The summed E-state index contributed by atoms with van der Waals surface area (Å²) in [7, 11) is 0. The van der Waals surface area contributed by atoms with Crippen molar-refractivity contribution in [2.24, 2.45) is 0 Å². The van der Waals surface area contributed by atoms with Crippen LogP contribution in [0.5, 0.6) is 0 Å². The summed E-state index contributed by atoms with van der Waals surface area (Å²) in [4.78, 5) is 29.0. The van der Waals surface area contributed by atoms with Gasteiger partial charge in [0.1, 0.15) is 6.04 Å². The summed E-state index contributed by atoms with van der Waals surface area (Å²) in [6.45, 7) is 6.91. The molecule has 1 atom stereocenters. The van der Waals surface area contributed by atoms with E-state index in [0.29, 0.717) is 18.7 Å². The van der Waals surface area contributed by atoms with Crippen LogP contribution in [0.1, 0.15) is 28.4 Å². The van der Waals surface area contributed by atoms with E-state index >= 15 is 0 Å². The molecule has 4 heteroatoms. The second-order valence-electron chi connectivity index (χ2n) is 6.32. The van der Waals surface area contributed by atoms with Gasteiger partial charge in [-0.05, 0) is 44.5 Å². The number of carbonyl (C=O) groups is 2. The van der Waals surface area contributed by atoms with Crippen molar-refractivity contribution in [1.29, 1.82) is 0 Å². The standard InChI is InChI=1S/C20H22N2O2/c1-14-9-10-18(15(2)13-14)22-12-11-21(16(3)19(22)23)20(24)17-7-5-4-6-8-17/h4-10,13,16H,11-12H2,1-3H3. The van der Waals surface area contributed by atoms with Crippen LogP contribution in [0.4, 0.5) is 5.69 Å². The molecule has 0 radical (unpaired) electrons. The third-order valence-corrected chi connectivity index (χ3v) is 4.58. The van der Waals surface area contributed by atoms with Gasteiger partial charge < -0.3 is 9.80 Å². The van der Waals surface area contributed by atoms with Gasteiger partial charge in [-0.1, -0.05) is 35.9 Å². The monoisotopic (exact) mass is 322 g/mol. The number of piperazine rings is 1. The number of benzene rings is 2. The molecular formula is C20H22N2O2. The highest BCUT2D eigenvalue weighted by Gasteiger charge is 2.35. The van der Waals surface area contributed by atoms with Crippen molar-refractivity contribution >= 4 is 17.5 Å². The van der Waals surface area contributed by atoms with Gasteiger partial charge >= 0.3 is 0 Å². The van der Waals surface area contributed by atoms with Crippen molar-refractivity contribution in [3.05, 3.63) is 65.2 Å². The van der Waals surface area contributed by atoms with Crippen molar-refractivity contribution in [2.75, 3.05) is 18.0 Å². The van der Waals surface area contributed by atoms with E-state index in [-0.39, 0.29) is 11.8 Å². The Morgan fingerprint density at radius 1 is 1.04 bits per heavy atom. The van der Waals surface area contributed by atoms with Crippen LogP contribution in [-0.2, 0) is 4.79 Å². The Morgan fingerprint density at radius 2 is 1.75 bits per heavy atom. The van der Waals surface area contributed by atoms with E-state index in [0.717, 1.165) is 11.3 Å². The van der Waals surface area contributed by atoms with E-state index in [9.17, 15) is 9.59 Å². The van der Waals surface area contributed by atoms with Gasteiger partial charge in [-0.25, -0.2) is 0 Å². The average molecular weight is 322 g/mol. The van der Waals surface area contributed by atoms with Crippen LogP contribution >= 0.6 is 0 Å². The maximum atomic E-state index is 12.8. The van der Waals surface area contributed by atoms with Gasteiger partial charge in [0.2, 0.25) is 5.91 Å². The first-order valence-electron chi connectivity index (χ1n) is 8.23. The van der Waals surface area contributed by atoms with Crippen molar-refractivity contribution in [1.82, 2.24) is 4.90 Å². The third-order valence-electron chi connectivity index (χ3n) is 4.58. The molecule has 0 saturated carbocycles. The lowest BCUT2D eigenvalue weighted by Gasteiger charge is -2.39. The predicted octanol–water partition coefficient (Wildman–Crippen LogP) is 3.18. The molecule has 1 aliphatic rings. The first-order valence-corrected chi connectivity index (χ1v) is 8.23. The summed E-state index contributed by atoms with van der Waals surface area (Å²) in [6.07, 6.45) is 0. The number of anilines is 1. The molecule has 4 nitrogen and oxygen atoms in total. The van der Waals surface area contributed by atoms with Crippen LogP contribution in [0.3, 0.4) is 0 Å². The SMILES string of the molecule is Cc1ccc(N2CCN(C(=O)c3ccccc3)C(C)C2=O)c(C)c1. The third kappa shape index (κ3) is 2.92.